The molecule has 0 fully saturated rings. The van der Waals surface area contributed by atoms with Gasteiger partial charge in [0.05, 0.1) is 17.6 Å². The van der Waals surface area contributed by atoms with Crippen molar-refractivity contribution < 1.29 is 13.5 Å². The average molecular weight is 390 g/mol. The van der Waals surface area contributed by atoms with Gasteiger partial charge in [-0.05, 0) is 18.9 Å². The molecule has 2 aromatic heterocycles. The second kappa shape index (κ2) is 9.25. The maximum Gasteiger partial charge on any atom is 0.152 e. The molecule has 0 radical (unpaired) electrons. The third kappa shape index (κ3) is 4.63. The van der Waals surface area contributed by atoms with E-state index in [9.17, 15) is 8.76 Å². The highest BCUT2D eigenvalue weighted by molar-refractivity contribution is 7.79. The van der Waals surface area contributed by atoms with Crippen molar-refractivity contribution in [2.45, 2.75) is 39.2 Å². The molecular formula is C19H25N4O3S-. The Hall–Kier alpha value is -2.03. The highest BCUT2D eigenvalue weighted by Gasteiger charge is 2.16. The van der Waals surface area contributed by atoms with Gasteiger partial charge in [-0.15, -0.1) is 0 Å². The summed E-state index contributed by atoms with van der Waals surface area (Å²) in [5.74, 6) is 1.56. The first-order valence-electron chi connectivity index (χ1n) is 9.28. The van der Waals surface area contributed by atoms with Gasteiger partial charge in [-0.3, -0.25) is 4.21 Å². The van der Waals surface area contributed by atoms with E-state index in [0.717, 1.165) is 47.0 Å². The molecule has 0 aliphatic carbocycles. The van der Waals surface area contributed by atoms with Crippen LogP contribution in [0, 0.1) is 0 Å². The number of nitrogens with two attached hydrogens (primary N) is 1. The highest BCUT2D eigenvalue weighted by atomic mass is 32.2. The van der Waals surface area contributed by atoms with Crippen molar-refractivity contribution >= 4 is 38.8 Å². The van der Waals surface area contributed by atoms with Crippen molar-refractivity contribution in [2.75, 3.05) is 24.7 Å². The third-order valence-electron chi connectivity index (χ3n) is 4.50. The van der Waals surface area contributed by atoms with Crippen LogP contribution in [0.3, 0.4) is 0 Å². The fourth-order valence-electron chi connectivity index (χ4n) is 3.21. The van der Waals surface area contributed by atoms with E-state index < -0.39 is 11.1 Å². The van der Waals surface area contributed by atoms with Gasteiger partial charge in [0.1, 0.15) is 11.3 Å². The molecule has 1 atom stereocenters. The van der Waals surface area contributed by atoms with E-state index >= 15 is 0 Å². The fraction of sp³-hybridized carbons (Fsp3) is 0.474. The summed E-state index contributed by atoms with van der Waals surface area (Å²) in [5.41, 5.74) is 8.76. The molecule has 7 nitrogen and oxygen atoms in total. The molecular weight excluding hydrogens is 364 g/mol. The van der Waals surface area contributed by atoms with Gasteiger partial charge in [0, 0.05) is 30.7 Å². The van der Waals surface area contributed by atoms with Crippen molar-refractivity contribution in [3.8, 4) is 0 Å². The number of rotatable bonds is 10. The number of para-hydroxylation sites is 1. The normalized spacial score (nSPS) is 12.8. The lowest BCUT2D eigenvalue weighted by Gasteiger charge is -2.11. The van der Waals surface area contributed by atoms with Gasteiger partial charge >= 0.3 is 0 Å². The number of hydrogen-bond donors (Lipinski definition) is 1. The SMILES string of the molecule is CCCCc1nc2c(N)nc3ccccc3c2n1CCOCCCS(=O)[O-]. The van der Waals surface area contributed by atoms with Crippen LogP contribution in [-0.2, 0) is 28.8 Å². The van der Waals surface area contributed by atoms with Crippen LogP contribution in [0.2, 0.25) is 0 Å². The number of pyridine rings is 1. The van der Waals surface area contributed by atoms with E-state index in [0.29, 0.717) is 32.0 Å². The zero-order valence-electron chi connectivity index (χ0n) is 15.5. The van der Waals surface area contributed by atoms with Gasteiger partial charge in [-0.25, -0.2) is 9.97 Å². The Labute approximate surface area is 161 Å². The minimum absolute atomic E-state index is 0.128. The number of unbranched alkanes of at least 4 members (excludes halogenated alkanes) is 1. The van der Waals surface area contributed by atoms with Crippen LogP contribution in [0.15, 0.2) is 24.3 Å². The second-order valence-electron chi connectivity index (χ2n) is 6.47. The maximum atomic E-state index is 10.6. The van der Waals surface area contributed by atoms with E-state index in [1.165, 1.54) is 0 Å². The lowest BCUT2D eigenvalue weighted by Crippen LogP contribution is -2.11. The third-order valence-corrected chi connectivity index (χ3v) is 5.12. The van der Waals surface area contributed by atoms with Crippen molar-refractivity contribution in [1.82, 2.24) is 14.5 Å². The van der Waals surface area contributed by atoms with Crippen LogP contribution in [-0.4, -0.2) is 42.3 Å². The number of anilines is 1. The maximum absolute atomic E-state index is 10.6. The number of imidazole rings is 1. The fourth-order valence-corrected chi connectivity index (χ4v) is 3.56. The van der Waals surface area contributed by atoms with Crippen LogP contribution in [0.5, 0.6) is 0 Å². The first-order valence-corrected chi connectivity index (χ1v) is 10.5. The Kier molecular flexibility index (Phi) is 6.76. The standard InChI is InChI=1S/C19H26N4O3S/c1-2-3-9-16-22-17-18(14-7-4-5-8-15(14)21-19(17)20)23(16)10-12-26-11-6-13-27(24)25/h4-5,7-8H,2-3,6,9-13H2,1H3,(H2,20,21)(H,24,25)/p-1. The molecule has 8 heteroatoms. The Bertz CT molecular complexity index is 941. The number of aryl methyl sites for hydroxylation is 1. The zero-order chi connectivity index (χ0) is 19.2. The Morgan fingerprint density at radius 2 is 2.04 bits per heavy atom. The summed E-state index contributed by atoms with van der Waals surface area (Å²) in [7, 11) is 0. The molecule has 0 aliphatic rings. The van der Waals surface area contributed by atoms with E-state index in [-0.39, 0.29) is 5.75 Å². The molecule has 0 spiro atoms. The number of nitrogens with zero attached hydrogens (tertiary/aromatic N) is 3. The predicted octanol–water partition coefficient (Wildman–Crippen LogP) is 2.80. The Morgan fingerprint density at radius 1 is 1.22 bits per heavy atom. The molecule has 2 N–H and O–H groups in total. The van der Waals surface area contributed by atoms with Gasteiger partial charge in [0.2, 0.25) is 0 Å². The number of nitrogen functional groups attached to an aromatic ring is 1. The minimum atomic E-state index is -2.01. The van der Waals surface area contributed by atoms with Crippen LogP contribution in [0.1, 0.15) is 32.0 Å². The Balaban J connectivity index is 1.89. The molecule has 0 saturated carbocycles. The predicted molar refractivity (Wildman–Crippen MR) is 107 cm³/mol. The van der Waals surface area contributed by atoms with Crippen molar-refractivity contribution in [3.63, 3.8) is 0 Å². The van der Waals surface area contributed by atoms with Gasteiger partial charge < -0.3 is 19.6 Å². The zero-order valence-corrected chi connectivity index (χ0v) is 16.3. The summed E-state index contributed by atoms with van der Waals surface area (Å²) in [6.07, 6.45) is 3.50. The quantitative estimate of drug-likeness (QED) is 0.422. The molecule has 3 aromatic rings. The first kappa shape index (κ1) is 19.7. The van der Waals surface area contributed by atoms with Crippen LogP contribution < -0.4 is 5.73 Å². The van der Waals surface area contributed by atoms with Crippen molar-refractivity contribution in [2.24, 2.45) is 0 Å². The molecule has 2 heterocycles. The summed E-state index contributed by atoms with van der Waals surface area (Å²) < 4.78 is 29.0. The van der Waals surface area contributed by atoms with Gasteiger partial charge in [-0.1, -0.05) is 42.6 Å². The smallest absolute Gasteiger partial charge is 0.152 e. The summed E-state index contributed by atoms with van der Waals surface area (Å²) in [6.45, 7) is 3.72. The molecule has 1 unspecified atom stereocenters. The molecule has 0 bridgehead atoms. The number of fused-ring (bicyclic) bond motifs is 3. The summed E-state index contributed by atoms with van der Waals surface area (Å²) >= 11 is -2.01. The molecule has 0 aliphatic heterocycles. The van der Waals surface area contributed by atoms with Crippen LogP contribution in [0.25, 0.3) is 21.9 Å². The molecule has 3 rings (SSSR count). The summed E-state index contributed by atoms with van der Waals surface area (Å²) in [5, 5.41) is 1.03. The second-order valence-corrected chi connectivity index (χ2v) is 7.48. The van der Waals surface area contributed by atoms with E-state index in [1.54, 1.807) is 0 Å². The lowest BCUT2D eigenvalue weighted by atomic mass is 10.2. The summed E-state index contributed by atoms with van der Waals surface area (Å²) in [4.78, 5) is 9.26. The van der Waals surface area contributed by atoms with Crippen molar-refractivity contribution in [1.29, 1.82) is 0 Å². The van der Waals surface area contributed by atoms with Crippen molar-refractivity contribution in [3.05, 3.63) is 30.1 Å². The largest absolute Gasteiger partial charge is 0.772 e. The number of hydrogen-bond acceptors (Lipinski definition) is 6. The number of aromatic nitrogens is 3. The molecule has 0 amide bonds. The number of ether oxygens (including phenoxy) is 1. The average Bonchev–Trinajstić information content (AvgIpc) is 3.02. The monoisotopic (exact) mass is 389 g/mol. The number of benzene rings is 1. The molecule has 27 heavy (non-hydrogen) atoms. The van der Waals surface area contributed by atoms with Gasteiger partial charge in [0.15, 0.2) is 5.82 Å². The van der Waals surface area contributed by atoms with Crippen LogP contribution >= 0.6 is 0 Å². The molecule has 1 aromatic carbocycles. The minimum Gasteiger partial charge on any atom is -0.772 e. The molecule has 0 saturated heterocycles. The van der Waals surface area contributed by atoms with Crippen LogP contribution in [0.4, 0.5) is 5.82 Å². The Morgan fingerprint density at radius 3 is 2.81 bits per heavy atom. The van der Waals surface area contributed by atoms with E-state index in [4.69, 9.17) is 15.5 Å². The molecule has 146 valence electrons. The lowest BCUT2D eigenvalue weighted by molar-refractivity contribution is 0.127. The first-order chi connectivity index (χ1) is 13.1. The topological polar surface area (TPSA) is 106 Å². The summed E-state index contributed by atoms with van der Waals surface area (Å²) in [6, 6.07) is 7.93. The van der Waals surface area contributed by atoms with Gasteiger partial charge in [0.25, 0.3) is 0 Å². The van der Waals surface area contributed by atoms with E-state index in [1.807, 2.05) is 24.3 Å². The van der Waals surface area contributed by atoms with Gasteiger partial charge in [-0.2, -0.15) is 0 Å². The highest BCUT2D eigenvalue weighted by Crippen LogP contribution is 2.29. The van der Waals surface area contributed by atoms with E-state index in [2.05, 4.69) is 16.5 Å².